The lowest BCUT2D eigenvalue weighted by molar-refractivity contribution is -0.128. The molecule has 0 spiro atoms. The summed E-state index contributed by atoms with van der Waals surface area (Å²) in [6, 6.07) is 13.9. The number of piperazine rings is 1. The zero-order chi connectivity index (χ0) is 24.8. The average molecular weight is 500 g/mol. The van der Waals surface area contributed by atoms with Crippen molar-refractivity contribution in [2.45, 2.75) is 31.7 Å². The fourth-order valence-electron chi connectivity index (χ4n) is 4.02. The summed E-state index contributed by atoms with van der Waals surface area (Å²) in [6.45, 7) is 7.32. The molecule has 3 aromatic rings. The van der Waals surface area contributed by atoms with Crippen LogP contribution in [0, 0.1) is 5.82 Å². The Hall–Kier alpha value is -3.27. The lowest BCUT2D eigenvalue weighted by atomic mass is 10.2. The number of thioether (sulfide) groups is 1. The third-order valence-electron chi connectivity index (χ3n) is 5.93. The van der Waals surface area contributed by atoms with Crippen molar-refractivity contribution in [3.05, 3.63) is 60.2 Å². The second-order valence-electron chi connectivity index (χ2n) is 8.16. The third-order valence-corrected chi connectivity index (χ3v) is 6.88. The number of hydrogen-bond donors (Lipinski definition) is 0. The molecule has 1 aliphatic rings. The van der Waals surface area contributed by atoms with E-state index in [2.05, 4.69) is 15.1 Å². The number of methoxy groups -OCH3 is 1. The molecule has 1 aliphatic heterocycles. The molecule has 1 saturated heterocycles. The molecular formula is C25H30FN5O3S. The summed E-state index contributed by atoms with van der Waals surface area (Å²) in [5, 5.41) is 9.36. The van der Waals surface area contributed by atoms with Gasteiger partial charge in [-0.2, -0.15) is 0 Å². The van der Waals surface area contributed by atoms with Crippen LogP contribution in [0.25, 0.3) is 0 Å². The minimum atomic E-state index is -0.320. The van der Waals surface area contributed by atoms with Gasteiger partial charge in [-0.3, -0.25) is 4.79 Å². The number of benzene rings is 2. The monoisotopic (exact) mass is 499 g/mol. The summed E-state index contributed by atoms with van der Waals surface area (Å²) in [5.41, 5.74) is 0.974. The molecule has 0 N–H and O–H groups in total. The first-order valence-corrected chi connectivity index (χ1v) is 12.6. The molecule has 1 amide bonds. The topological polar surface area (TPSA) is 72.7 Å². The van der Waals surface area contributed by atoms with Crippen LogP contribution in [0.2, 0.25) is 0 Å². The van der Waals surface area contributed by atoms with E-state index < -0.39 is 0 Å². The Labute approximate surface area is 209 Å². The highest BCUT2D eigenvalue weighted by Crippen LogP contribution is 2.27. The lowest BCUT2D eigenvalue weighted by Gasteiger charge is -2.36. The predicted molar refractivity (Wildman–Crippen MR) is 134 cm³/mol. The van der Waals surface area contributed by atoms with E-state index in [1.54, 1.807) is 19.2 Å². The van der Waals surface area contributed by atoms with Crippen LogP contribution < -0.4 is 14.4 Å². The minimum Gasteiger partial charge on any atom is -0.497 e. The zero-order valence-electron chi connectivity index (χ0n) is 20.2. The van der Waals surface area contributed by atoms with E-state index in [9.17, 15) is 9.18 Å². The highest BCUT2D eigenvalue weighted by Gasteiger charge is 2.23. The zero-order valence-corrected chi connectivity index (χ0v) is 21.0. The van der Waals surface area contributed by atoms with Crippen LogP contribution in [0.4, 0.5) is 10.1 Å². The number of nitrogens with zero attached hydrogens (tertiary/aromatic N) is 5. The van der Waals surface area contributed by atoms with Gasteiger partial charge < -0.3 is 23.8 Å². The molecule has 10 heteroatoms. The first-order chi connectivity index (χ1) is 17.0. The van der Waals surface area contributed by atoms with Gasteiger partial charge in [0.05, 0.1) is 12.9 Å². The van der Waals surface area contributed by atoms with Gasteiger partial charge in [0.1, 0.15) is 17.3 Å². The SMILES string of the molecule is CCn1c(SCC(=O)N2CCN(c3ccc(F)cc3)CC2)nnc1C(C)Oc1cccc(OC)c1. The van der Waals surface area contributed by atoms with Crippen molar-refractivity contribution in [1.82, 2.24) is 19.7 Å². The summed E-state index contributed by atoms with van der Waals surface area (Å²) in [4.78, 5) is 16.9. The van der Waals surface area contributed by atoms with Crippen LogP contribution in [-0.4, -0.2) is 64.6 Å². The smallest absolute Gasteiger partial charge is 0.233 e. The number of ether oxygens (including phenoxy) is 2. The van der Waals surface area contributed by atoms with Gasteiger partial charge in [-0.15, -0.1) is 10.2 Å². The van der Waals surface area contributed by atoms with Crippen molar-refractivity contribution < 1.29 is 18.7 Å². The van der Waals surface area contributed by atoms with Crippen LogP contribution in [0.3, 0.4) is 0 Å². The van der Waals surface area contributed by atoms with Crippen LogP contribution in [-0.2, 0) is 11.3 Å². The predicted octanol–water partition coefficient (Wildman–Crippen LogP) is 4.03. The van der Waals surface area contributed by atoms with E-state index in [0.717, 1.165) is 24.5 Å². The fourth-order valence-corrected chi connectivity index (χ4v) is 4.93. The third kappa shape index (κ3) is 6.05. The molecule has 35 heavy (non-hydrogen) atoms. The number of anilines is 1. The number of carbonyl (C=O) groups is 1. The second kappa shape index (κ2) is 11.4. The molecular weight excluding hydrogens is 469 g/mol. The Morgan fingerprint density at radius 3 is 2.49 bits per heavy atom. The van der Waals surface area contributed by atoms with Crippen molar-refractivity contribution >= 4 is 23.4 Å². The molecule has 1 atom stereocenters. The van der Waals surface area contributed by atoms with Crippen molar-refractivity contribution in [3.63, 3.8) is 0 Å². The lowest BCUT2D eigenvalue weighted by Crippen LogP contribution is -2.49. The Morgan fingerprint density at radius 2 is 1.80 bits per heavy atom. The van der Waals surface area contributed by atoms with Gasteiger partial charge in [-0.25, -0.2) is 4.39 Å². The van der Waals surface area contributed by atoms with Gasteiger partial charge in [0, 0.05) is 44.5 Å². The van der Waals surface area contributed by atoms with E-state index in [4.69, 9.17) is 9.47 Å². The fraction of sp³-hybridized carbons (Fsp3) is 0.400. The van der Waals surface area contributed by atoms with Crippen molar-refractivity contribution in [3.8, 4) is 11.5 Å². The summed E-state index contributed by atoms with van der Waals surface area (Å²) in [5.74, 6) is 2.23. The number of aromatic nitrogens is 3. The van der Waals surface area contributed by atoms with Gasteiger partial charge in [-0.1, -0.05) is 17.8 Å². The highest BCUT2D eigenvalue weighted by atomic mass is 32.2. The molecule has 8 nitrogen and oxygen atoms in total. The first kappa shape index (κ1) is 24.8. The Balaban J connectivity index is 1.31. The molecule has 0 aliphatic carbocycles. The summed E-state index contributed by atoms with van der Waals surface area (Å²) in [6.07, 6.45) is -0.320. The van der Waals surface area contributed by atoms with E-state index in [1.165, 1.54) is 23.9 Å². The van der Waals surface area contributed by atoms with E-state index in [1.807, 2.05) is 47.6 Å². The molecule has 2 aromatic carbocycles. The van der Waals surface area contributed by atoms with Crippen molar-refractivity contribution in [1.29, 1.82) is 0 Å². The van der Waals surface area contributed by atoms with Crippen LogP contribution in [0.5, 0.6) is 11.5 Å². The van der Waals surface area contributed by atoms with E-state index in [-0.39, 0.29) is 17.8 Å². The Morgan fingerprint density at radius 1 is 1.09 bits per heavy atom. The maximum absolute atomic E-state index is 13.2. The molecule has 186 valence electrons. The molecule has 1 fully saturated rings. The molecule has 0 saturated carbocycles. The van der Waals surface area contributed by atoms with Crippen LogP contribution in [0.1, 0.15) is 25.8 Å². The Bertz CT molecular complexity index is 1130. The standard InChI is InChI=1S/C25H30FN5O3S/c1-4-31-24(18(2)34-22-7-5-6-21(16-22)33-3)27-28-25(31)35-17-23(32)30-14-12-29(13-15-30)20-10-8-19(26)9-11-20/h5-11,16,18H,4,12-15,17H2,1-3H3. The number of rotatable bonds is 9. The number of hydrogen-bond acceptors (Lipinski definition) is 7. The van der Waals surface area contributed by atoms with E-state index >= 15 is 0 Å². The number of amides is 1. The van der Waals surface area contributed by atoms with Gasteiger partial charge >= 0.3 is 0 Å². The highest BCUT2D eigenvalue weighted by molar-refractivity contribution is 7.99. The maximum Gasteiger partial charge on any atom is 0.233 e. The maximum atomic E-state index is 13.2. The Kier molecular flexibility index (Phi) is 8.12. The van der Waals surface area contributed by atoms with Gasteiger partial charge in [0.2, 0.25) is 5.91 Å². The van der Waals surface area contributed by atoms with E-state index in [0.29, 0.717) is 42.1 Å². The minimum absolute atomic E-state index is 0.0710. The second-order valence-corrected chi connectivity index (χ2v) is 9.10. The molecule has 0 bridgehead atoms. The summed E-state index contributed by atoms with van der Waals surface area (Å²) in [7, 11) is 1.62. The van der Waals surface area contributed by atoms with Gasteiger partial charge in [0.15, 0.2) is 17.1 Å². The number of halogens is 1. The first-order valence-electron chi connectivity index (χ1n) is 11.6. The van der Waals surface area contributed by atoms with Crippen molar-refractivity contribution in [2.75, 3.05) is 43.9 Å². The van der Waals surface area contributed by atoms with Crippen molar-refractivity contribution in [2.24, 2.45) is 0 Å². The van der Waals surface area contributed by atoms with Crippen LogP contribution in [0.15, 0.2) is 53.7 Å². The van der Waals surface area contributed by atoms with Gasteiger partial charge in [0.25, 0.3) is 0 Å². The summed E-state index contributed by atoms with van der Waals surface area (Å²) < 4.78 is 26.5. The number of carbonyl (C=O) groups excluding carboxylic acids is 1. The molecule has 2 heterocycles. The quantitative estimate of drug-likeness (QED) is 0.412. The molecule has 1 unspecified atom stereocenters. The molecule has 0 radical (unpaired) electrons. The molecule has 4 rings (SSSR count). The van der Waals surface area contributed by atoms with Crippen LogP contribution >= 0.6 is 11.8 Å². The average Bonchev–Trinajstić information content (AvgIpc) is 3.31. The van der Waals surface area contributed by atoms with Gasteiger partial charge in [-0.05, 0) is 50.2 Å². The summed E-state index contributed by atoms with van der Waals surface area (Å²) >= 11 is 1.39. The largest absolute Gasteiger partial charge is 0.497 e. The molecule has 1 aromatic heterocycles. The normalized spacial score (nSPS) is 14.6.